The van der Waals surface area contributed by atoms with Crippen molar-refractivity contribution in [2.24, 2.45) is 17.3 Å². The molecule has 0 aromatic carbocycles. The van der Waals surface area contributed by atoms with Gasteiger partial charge in [0.25, 0.3) is 0 Å². The van der Waals surface area contributed by atoms with Crippen LogP contribution in [0.4, 0.5) is 0 Å². The van der Waals surface area contributed by atoms with Crippen molar-refractivity contribution in [1.29, 1.82) is 0 Å². The van der Waals surface area contributed by atoms with Gasteiger partial charge in [-0.15, -0.1) is 0 Å². The Morgan fingerprint density at radius 2 is 2.27 bits per heavy atom. The van der Waals surface area contributed by atoms with Crippen molar-refractivity contribution in [1.82, 2.24) is 0 Å². The van der Waals surface area contributed by atoms with Crippen LogP contribution >= 0.6 is 0 Å². The van der Waals surface area contributed by atoms with Crippen LogP contribution in [0.1, 0.15) is 47.5 Å². The molecule has 1 aliphatic carbocycles. The first-order chi connectivity index (χ1) is 6.85. The largest absolute Gasteiger partial charge is 0.300 e. The number of hydrogen-bond donors (Lipinski definition) is 0. The fourth-order valence-electron chi connectivity index (χ4n) is 2.12. The predicted octanol–water partition coefficient (Wildman–Crippen LogP) is 3.80. The first-order valence-electron chi connectivity index (χ1n) is 5.86. The number of hydrogen-bond acceptors (Lipinski definition) is 1. The van der Waals surface area contributed by atoms with Crippen LogP contribution in [0.5, 0.6) is 0 Å². The third-order valence-corrected chi connectivity index (χ3v) is 4.16. The second-order valence-electron chi connectivity index (χ2n) is 5.41. The third-order valence-electron chi connectivity index (χ3n) is 4.16. The van der Waals surface area contributed by atoms with Gasteiger partial charge in [0.1, 0.15) is 5.78 Å². The van der Waals surface area contributed by atoms with E-state index in [1.807, 2.05) is 6.92 Å². The van der Waals surface area contributed by atoms with Gasteiger partial charge in [0.05, 0.1) is 0 Å². The highest BCUT2D eigenvalue weighted by Gasteiger charge is 2.34. The molecule has 1 nitrogen and oxygen atoms in total. The normalized spacial score (nSPS) is 26.2. The Hall–Kier alpha value is -0.590. The molecule has 0 N–H and O–H groups in total. The van der Waals surface area contributed by atoms with Gasteiger partial charge in [0, 0.05) is 5.92 Å². The van der Waals surface area contributed by atoms with E-state index < -0.39 is 0 Å². The first-order valence-corrected chi connectivity index (χ1v) is 5.86. The molecule has 0 bridgehead atoms. The molecule has 15 heavy (non-hydrogen) atoms. The van der Waals surface area contributed by atoms with Crippen molar-refractivity contribution in [2.45, 2.75) is 47.5 Å². The second kappa shape index (κ2) is 4.51. The number of ketones is 1. The maximum atomic E-state index is 11.1. The van der Waals surface area contributed by atoms with E-state index >= 15 is 0 Å². The molecule has 0 aromatic heterocycles. The van der Waals surface area contributed by atoms with Gasteiger partial charge in [0.2, 0.25) is 0 Å². The molecule has 2 atom stereocenters. The zero-order chi connectivity index (χ0) is 11.6. The lowest BCUT2D eigenvalue weighted by Crippen LogP contribution is -2.22. The molecule has 1 radical (unpaired) electrons. The van der Waals surface area contributed by atoms with E-state index in [1.54, 1.807) is 6.92 Å². The summed E-state index contributed by atoms with van der Waals surface area (Å²) in [6.45, 7) is 10.5. The third kappa shape index (κ3) is 2.70. The molecule has 0 fully saturated rings. The SMILES string of the molecule is CC(=O)C(C)[CH]CC1CC=C(C)C1(C)C. The molecule has 0 aromatic rings. The van der Waals surface area contributed by atoms with Crippen LogP contribution in [0.3, 0.4) is 0 Å². The Labute approximate surface area is 93.9 Å². The number of allylic oxidation sites excluding steroid dienone is 2. The highest BCUT2D eigenvalue weighted by atomic mass is 16.1. The topological polar surface area (TPSA) is 17.1 Å². The fraction of sp³-hybridized carbons (Fsp3) is 0.714. The zero-order valence-corrected chi connectivity index (χ0v) is 10.6. The minimum atomic E-state index is 0.113. The van der Waals surface area contributed by atoms with Gasteiger partial charge in [0.15, 0.2) is 0 Å². The summed E-state index contributed by atoms with van der Waals surface area (Å²) in [6, 6.07) is 0. The minimum Gasteiger partial charge on any atom is -0.300 e. The van der Waals surface area contributed by atoms with E-state index in [0.717, 1.165) is 6.42 Å². The van der Waals surface area contributed by atoms with Crippen LogP contribution in [0, 0.1) is 23.7 Å². The summed E-state index contributed by atoms with van der Waals surface area (Å²) in [7, 11) is 0. The quantitative estimate of drug-likeness (QED) is 0.641. The number of carbonyl (C=O) groups is 1. The monoisotopic (exact) mass is 207 g/mol. The summed E-state index contributed by atoms with van der Waals surface area (Å²) in [5.74, 6) is 1.07. The maximum Gasteiger partial charge on any atom is 0.132 e. The van der Waals surface area contributed by atoms with Crippen molar-refractivity contribution in [2.75, 3.05) is 0 Å². The molecule has 0 amide bonds. The van der Waals surface area contributed by atoms with Gasteiger partial charge < -0.3 is 0 Å². The van der Waals surface area contributed by atoms with Gasteiger partial charge in [-0.05, 0) is 44.4 Å². The van der Waals surface area contributed by atoms with Crippen LogP contribution in [-0.2, 0) is 4.79 Å². The molecule has 0 heterocycles. The molecule has 1 heteroatoms. The first kappa shape index (κ1) is 12.5. The van der Waals surface area contributed by atoms with Crippen LogP contribution in [0.15, 0.2) is 11.6 Å². The molecule has 1 aliphatic rings. The van der Waals surface area contributed by atoms with Crippen molar-refractivity contribution >= 4 is 5.78 Å². The van der Waals surface area contributed by atoms with Crippen molar-refractivity contribution in [3.05, 3.63) is 18.1 Å². The Morgan fingerprint density at radius 3 is 2.67 bits per heavy atom. The van der Waals surface area contributed by atoms with Gasteiger partial charge in [-0.3, -0.25) is 4.79 Å². The van der Waals surface area contributed by atoms with E-state index in [1.165, 1.54) is 12.0 Å². The second-order valence-corrected chi connectivity index (χ2v) is 5.41. The number of Topliss-reactive ketones (excluding diaryl/α,β-unsaturated/α-hetero) is 1. The van der Waals surface area contributed by atoms with Crippen molar-refractivity contribution in [3.63, 3.8) is 0 Å². The summed E-state index contributed by atoms with van der Waals surface area (Å²) in [5, 5.41) is 0. The Morgan fingerprint density at radius 1 is 1.67 bits per heavy atom. The summed E-state index contributed by atoms with van der Waals surface area (Å²) in [4.78, 5) is 11.1. The lowest BCUT2D eigenvalue weighted by molar-refractivity contribution is -0.119. The van der Waals surface area contributed by atoms with E-state index in [2.05, 4.69) is 33.3 Å². The number of rotatable bonds is 4. The van der Waals surface area contributed by atoms with Gasteiger partial charge >= 0.3 is 0 Å². The Balaban J connectivity index is 2.46. The summed E-state index contributed by atoms with van der Waals surface area (Å²) in [6.07, 6.45) is 6.75. The van der Waals surface area contributed by atoms with Crippen LogP contribution < -0.4 is 0 Å². The highest BCUT2D eigenvalue weighted by molar-refractivity contribution is 5.79. The van der Waals surface area contributed by atoms with E-state index in [9.17, 15) is 4.79 Å². The van der Waals surface area contributed by atoms with Crippen molar-refractivity contribution < 1.29 is 4.79 Å². The Bertz CT molecular complexity index is 273. The van der Waals surface area contributed by atoms with E-state index in [0.29, 0.717) is 11.3 Å². The fourth-order valence-corrected chi connectivity index (χ4v) is 2.12. The van der Waals surface area contributed by atoms with Crippen LogP contribution in [0.2, 0.25) is 0 Å². The van der Waals surface area contributed by atoms with E-state index in [4.69, 9.17) is 0 Å². The predicted molar refractivity (Wildman–Crippen MR) is 64.4 cm³/mol. The summed E-state index contributed by atoms with van der Waals surface area (Å²) >= 11 is 0. The molecular weight excluding hydrogens is 184 g/mol. The van der Waals surface area contributed by atoms with Crippen molar-refractivity contribution in [3.8, 4) is 0 Å². The van der Waals surface area contributed by atoms with Gasteiger partial charge in [-0.25, -0.2) is 0 Å². The molecule has 0 aliphatic heterocycles. The molecule has 1 rings (SSSR count). The summed E-state index contributed by atoms with van der Waals surface area (Å²) < 4.78 is 0. The molecule has 0 spiro atoms. The smallest absolute Gasteiger partial charge is 0.132 e. The lowest BCUT2D eigenvalue weighted by atomic mass is 9.75. The average molecular weight is 207 g/mol. The highest BCUT2D eigenvalue weighted by Crippen LogP contribution is 2.45. The van der Waals surface area contributed by atoms with E-state index in [-0.39, 0.29) is 11.7 Å². The molecule has 0 saturated heterocycles. The van der Waals surface area contributed by atoms with Crippen LogP contribution in [-0.4, -0.2) is 5.78 Å². The van der Waals surface area contributed by atoms with Gasteiger partial charge in [-0.1, -0.05) is 32.4 Å². The molecule has 0 saturated carbocycles. The zero-order valence-electron chi connectivity index (χ0n) is 10.6. The minimum absolute atomic E-state index is 0.113. The van der Waals surface area contributed by atoms with Gasteiger partial charge in [-0.2, -0.15) is 0 Å². The molecule has 85 valence electrons. The lowest BCUT2D eigenvalue weighted by Gasteiger charge is -2.30. The maximum absolute atomic E-state index is 11.1. The molecule has 2 unspecified atom stereocenters. The number of carbonyl (C=O) groups excluding carboxylic acids is 1. The van der Waals surface area contributed by atoms with Crippen LogP contribution in [0.25, 0.3) is 0 Å². The Kier molecular flexibility index (Phi) is 3.75. The standard InChI is InChI=1S/C14H23O/c1-10(12(3)15)6-8-13-9-7-11(2)14(13,4)5/h6-7,10,13H,8-9H2,1-5H3. The molecular formula is C14H23O. The average Bonchev–Trinajstić information content (AvgIpc) is 2.39. The summed E-state index contributed by atoms with van der Waals surface area (Å²) in [5.41, 5.74) is 1.81.